The number of hydrogen-bond donors (Lipinski definition) is 1. The SMILES string of the molecule is N#Cc1ccc(OCC(O)c2ccc(F)cc2F)cc1. The molecule has 1 N–H and O–H groups in total. The van der Waals surface area contributed by atoms with Crippen LogP contribution in [0.15, 0.2) is 42.5 Å². The molecule has 3 nitrogen and oxygen atoms in total. The van der Waals surface area contributed by atoms with Crippen LogP contribution in [-0.4, -0.2) is 11.7 Å². The van der Waals surface area contributed by atoms with Gasteiger partial charge in [0.25, 0.3) is 0 Å². The first-order valence-corrected chi connectivity index (χ1v) is 5.86. The van der Waals surface area contributed by atoms with Gasteiger partial charge in [0.15, 0.2) is 0 Å². The maximum atomic E-state index is 13.4. The molecule has 0 fully saturated rings. The topological polar surface area (TPSA) is 53.2 Å². The van der Waals surface area contributed by atoms with Gasteiger partial charge >= 0.3 is 0 Å². The van der Waals surface area contributed by atoms with Crippen LogP contribution in [0.25, 0.3) is 0 Å². The number of ether oxygens (including phenoxy) is 1. The lowest BCUT2D eigenvalue weighted by atomic mass is 10.1. The van der Waals surface area contributed by atoms with E-state index >= 15 is 0 Å². The van der Waals surface area contributed by atoms with Gasteiger partial charge in [-0.25, -0.2) is 8.78 Å². The fourth-order valence-electron chi connectivity index (χ4n) is 1.66. The molecule has 0 aromatic heterocycles. The highest BCUT2D eigenvalue weighted by Crippen LogP contribution is 2.20. The summed E-state index contributed by atoms with van der Waals surface area (Å²) in [5.74, 6) is -1.07. The monoisotopic (exact) mass is 275 g/mol. The molecule has 1 unspecified atom stereocenters. The average Bonchev–Trinajstić information content (AvgIpc) is 2.45. The van der Waals surface area contributed by atoms with Crippen molar-refractivity contribution in [2.75, 3.05) is 6.61 Å². The van der Waals surface area contributed by atoms with Crippen LogP contribution in [0, 0.1) is 23.0 Å². The molecule has 0 saturated heterocycles. The molecule has 0 aliphatic heterocycles. The second-order valence-electron chi connectivity index (χ2n) is 4.13. The number of benzene rings is 2. The number of nitriles is 1. The zero-order chi connectivity index (χ0) is 14.5. The molecule has 0 bridgehead atoms. The summed E-state index contributed by atoms with van der Waals surface area (Å²) in [6.07, 6.45) is -1.20. The third-order valence-corrected chi connectivity index (χ3v) is 2.71. The lowest BCUT2D eigenvalue weighted by Gasteiger charge is -2.13. The van der Waals surface area contributed by atoms with Crippen molar-refractivity contribution in [2.45, 2.75) is 6.10 Å². The van der Waals surface area contributed by atoms with E-state index in [9.17, 15) is 13.9 Å². The van der Waals surface area contributed by atoms with Gasteiger partial charge in [-0.3, -0.25) is 0 Å². The summed E-state index contributed by atoms with van der Waals surface area (Å²) in [5, 5.41) is 18.5. The quantitative estimate of drug-likeness (QED) is 0.933. The summed E-state index contributed by atoms with van der Waals surface area (Å²) in [4.78, 5) is 0. The Morgan fingerprint density at radius 2 is 1.85 bits per heavy atom. The number of nitrogens with zero attached hydrogens (tertiary/aromatic N) is 1. The highest BCUT2D eigenvalue weighted by atomic mass is 19.1. The van der Waals surface area contributed by atoms with E-state index in [4.69, 9.17) is 10.00 Å². The standard InChI is InChI=1S/C15H11F2NO2/c16-11-3-6-13(14(17)7-11)15(19)9-20-12-4-1-10(8-18)2-5-12/h1-7,15,19H,9H2. The minimum atomic E-state index is -1.20. The van der Waals surface area contributed by atoms with Gasteiger partial charge in [0.05, 0.1) is 11.6 Å². The lowest BCUT2D eigenvalue weighted by molar-refractivity contribution is 0.105. The van der Waals surface area contributed by atoms with E-state index in [1.807, 2.05) is 6.07 Å². The minimum absolute atomic E-state index is 0.0277. The van der Waals surface area contributed by atoms with Gasteiger partial charge in [-0.1, -0.05) is 6.07 Å². The summed E-state index contributed by atoms with van der Waals surface area (Å²) in [5.41, 5.74) is 0.461. The highest BCUT2D eigenvalue weighted by molar-refractivity contribution is 5.34. The van der Waals surface area contributed by atoms with Crippen LogP contribution in [0.4, 0.5) is 8.78 Å². The van der Waals surface area contributed by atoms with Crippen molar-refractivity contribution in [1.82, 2.24) is 0 Å². The number of halogens is 2. The first-order valence-electron chi connectivity index (χ1n) is 5.86. The molecule has 2 rings (SSSR count). The molecule has 0 amide bonds. The molecule has 0 spiro atoms. The van der Waals surface area contributed by atoms with Gasteiger partial charge in [0, 0.05) is 11.6 Å². The molecule has 1 atom stereocenters. The molecule has 2 aromatic carbocycles. The van der Waals surface area contributed by atoms with Crippen molar-refractivity contribution in [2.24, 2.45) is 0 Å². The Balaban J connectivity index is 2.01. The Morgan fingerprint density at radius 3 is 2.45 bits per heavy atom. The smallest absolute Gasteiger partial charge is 0.132 e. The summed E-state index contributed by atoms with van der Waals surface area (Å²) in [6, 6.07) is 11.2. The van der Waals surface area contributed by atoms with Crippen LogP contribution >= 0.6 is 0 Å². The van der Waals surface area contributed by atoms with E-state index in [1.165, 1.54) is 6.07 Å². The zero-order valence-electron chi connectivity index (χ0n) is 10.4. The summed E-state index contributed by atoms with van der Waals surface area (Å²) in [6.45, 7) is -0.172. The molecule has 0 aliphatic carbocycles. The summed E-state index contributed by atoms with van der Waals surface area (Å²) >= 11 is 0. The Labute approximate surface area is 114 Å². The van der Waals surface area contributed by atoms with Gasteiger partial charge in [0.2, 0.25) is 0 Å². The fourth-order valence-corrected chi connectivity index (χ4v) is 1.66. The predicted octanol–water partition coefficient (Wildman–Crippen LogP) is 2.95. The Morgan fingerprint density at radius 1 is 1.15 bits per heavy atom. The second-order valence-corrected chi connectivity index (χ2v) is 4.13. The minimum Gasteiger partial charge on any atom is -0.491 e. The van der Waals surface area contributed by atoms with Crippen molar-refractivity contribution in [3.05, 3.63) is 65.2 Å². The van der Waals surface area contributed by atoms with E-state index < -0.39 is 17.7 Å². The first kappa shape index (κ1) is 14.0. The second kappa shape index (κ2) is 6.13. The van der Waals surface area contributed by atoms with E-state index in [1.54, 1.807) is 24.3 Å². The van der Waals surface area contributed by atoms with Crippen LogP contribution in [0.2, 0.25) is 0 Å². The van der Waals surface area contributed by atoms with Crippen LogP contribution in [0.5, 0.6) is 5.75 Å². The third-order valence-electron chi connectivity index (χ3n) is 2.71. The molecule has 2 aromatic rings. The van der Waals surface area contributed by atoms with E-state index in [2.05, 4.69) is 0 Å². The number of rotatable bonds is 4. The Kier molecular flexibility index (Phi) is 4.28. The molecule has 20 heavy (non-hydrogen) atoms. The van der Waals surface area contributed by atoms with Crippen LogP contribution < -0.4 is 4.74 Å². The maximum Gasteiger partial charge on any atom is 0.132 e. The lowest BCUT2D eigenvalue weighted by Crippen LogP contribution is -2.11. The number of hydrogen-bond acceptors (Lipinski definition) is 3. The largest absolute Gasteiger partial charge is 0.491 e. The first-order chi connectivity index (χ1) is 9.60. The van der Waals surface area contributed by atoms with Gasteiger partial charge < -0.3 is 9.84 Å². The van der Waals surface area contributed by atoms with Gasteiger partial charge in [-0.2, -0.15) is 5.26 Å². The van der Waals surface area contributed by atoms with Gasteiger partial charge in [-0.15, -0.1) is 0 Å². The summed E-state index contributed by atoms with van der Waals surface area (Å²) < 4.78 is 31.5. The third kappa shape index (κ3) is 3.31. The van der Waals surface area contributed by atoms with Crippen molar-refractivity contribution in [1.29, 1.82) is 5.26 Å². The van der Waals surface area contributed by atoms with Gasteiger partial charge in [-0.05, 0) is 30.3 Å². The zero-order valence-corrected chi connectivity index (χ0v) is 10.4. The Hall–Kier alpha value is -2.45. The molecule has 0 heterocycles. The van der Waals surface area contributed by atoms with Crippen molar-refractivity contribution in [3.8, 4) is 11.8 Å². The van der Waals surface area contributed by atoms with Crippen molar-refractivity contribution < 1.29 is 18.6 Å². The van der Waals surface area contributed by atoms with Crippen LogP contribution in [0.3, 0.4) is 0 Å². The molecule has 0 saturated carbocycles. The van der Waals surface area contributed by atoms with Gasteiger partial charge in [0.1, 0.15) is 30.1 Å². The van der Waals surface area contributed by atoms with E-state index in [0.29, 0.717) is 17.4 Å². The molecule has 102 valence electrons. The van der Waals surface area contributed by atoms with Crippen molar-refractivity contribution in [3.63, 3.8) is 0 Å². The predicted molar refractivity (Wildman–Crippen MR) is 68.0 cm³/mol. The fraction of sp³-hybridized carbons (Fsp3) is 0.133. The maximum absolute atomic E-state index is 13.4. The molecule has 0 radical (unpaired) electrons. The molecular formula is C15H11F2NO2. The molecule has 5 heteroatoms. The average molecular weight is 275 g/mol. The van der Waals surface area contributed by atoms with Crippen molar-refractivity contribution >= 4 is 0 Å². The molecule has 0 aliphatic rings. The highest BCUT2D eigenvalue weighted by Gasteiger charge is 2.14. The van der Waals surface area contributed by atoms with Crippen LogP contribution in [-0.2, 0) is 0 Å². The summed E-state index contributed by atoms with van der Waals surface area (Å²) in [7, 11) is 0. The van der Waals surface area contributed by atoms with Crippen LogP contribution in [0.1, 0.15) is 17.2 Å². The normalized spacial score (nSPS) is 11.7. The number of aliphatic hydroxyl groups excluding tert-OH is 1. The van der Waals surface area contributed by atoms with E-state index in [-0.39, 0.29) is 12.2 Å². The van der Waals surface area contributed by atoms with E-state index in [0.717, 1.165) is 6.07 Å². The molecular weight excluding hydrogens is 264 g/mol. The number of aliphatic hydroxyl groups is 1. The Bertz CT molecular complexity index is 635.